The number of fused-ring (bicyclic) bond motifs is 1. The molecule has 0 aliphatic heterocycles. The Morgan fingerprint density at radius 1 is 1.20 bits per heavy atom. The van der Waals surface area contributed by atoms with E-state index in [-0.39, 0.29) is 11.6 Å². The number of imidazole rings is 1. The summed E-state index contributed by atoms with van der Waals surface area (Å²) in [5.41, 5.74) is 1.36. The number of nitrogens with zero attached hydrogens (tertiary/aromatic N) is 4. The topological polar surface area (TPSA) is 75.9 Å². The molecule has 30 heavy (non-hydrogen) atoms. The molecule has 0 spiro atoms. The summed E-state index contributed by atoms with van der Waals surface area (Å²) in [5, 5.41) is 0. The molecule has 7 nitrogen and oxygen atoms in total. The number of hydrogen-bond donors (Lipinski definition) is 1. The summed E-state index contributed by atoms with van der Waals surface area (Å²) in [6.07, 6.45) is 2.81. The summed E-state index contributed by atoms with van der Waals surface area (Å²) in [4.78, 5) is 34.5. The number of aromatic nitrogens is 4. The lowest BCUT2D eigenvalue weighted by Crippen LogP contribution is -2.31. The van der Waals surface area contributed by atoms with Crippen LogP contribution in [0.15, 0.2) is 38.3 Å². The van der Waals surface area contributed by atoms with Crippen LogP contribution in [0.1, 0.15) is 57.5 Å². The molecule has 2 heterocycles. The van der Waals surface area contributed by atoms with Crippen LogP contribution in [0.25, 0.3) is 11.2 Å². The fourth-order valence-corrected chi connectivity index (χ4v) is 4.46. The maximum Gasteiger partial charge on any atom is 0.330 e. The van der Waals surface area contributed by atoms with Gasteiger partial charge < -0.3 is 4.57 Å². The predicted octanol–water partition coefficient (Wildman–Crippen LogP) is 3.96. The molecule has 0 amide bonds. The number of hydrogen-bond acceptors (Lipinski definition) is 4. The number of aryl methyl sites for hydroxylation is 2. The molecule has 1 aromatic carbocycles. The third-order valence-corrected chi connectivity index (χ3v) is 6.32. The van der Waals surface area contributed by atoms with E-state index in [0.29, 0.717) is 24.3 Å². The zero-order valence-electron chi connectivity index (χ0n) is 18.1. The Morgan fingerprint density at radius 3 is 2.60 bits per heavy atom. The van der Waals surface area contributed by atoms with Crippen LogP contribution in [-0.4, -0.2) is 30.5 Å². The van der Waals surface area contributed by atoms with Crippen molar-refractivity contribution in [2.24, 2.45) is 7.05 Å². The number of H-pyrrole nitrogens is 1. The van der Waals surface area contributed by atoms with Gasteiger partial charge in [-0.2, -0.15) is 0 Å². The van der Waals surface area contributed by atoms with Gasteiger partial charge in [0.15, 0.2) is 11.2 Å². The molecule has 8 heteroatoms. The smallest absolute Gasteiger partial charge is 0.324 e. The quantitative estimate of drug-likeness (QED) is 0.508. The van der Waals surface area contributed by atoms with E-state index in [0.717, 1.165) is 36.1 Å². The highest BCUT2D eigenvalue weighted by molar-refractivity contribution is 9.10. The van der Waals surface area contributed by atoms with E-state index in [2.05, 4.69) is 58.7 Å². The minimum absolute atomic E-state index is 0.168. The number of nitrogens with one attached hydrogen (secondary N) is 1. The maximum atomic E-state index is 12.5. The van der Waals surface area contributed by atoms with E-state index in [4.69, 9.17) is 4.98 Å². The Bertz CT molecular complexity index is 1130. The molecular weight excluding hydrogens is 446 g/mol. The van der Waals surface area contributed by atoms with Gasteiger partial charge in [0.05, 0.1) is 6.54 Å². The summed E-state index contributed by atoms with van der Waals surface area (Å²) < 4.78 is 4.49. The van der Waals surface area contributed by atoms with Crippen LogP contribution >= 0.6 is 15.9 Å². The number of rotatable bonds is 9. The average Bonchev–Trinajstić information content (AvgIpc) is 3.04. The molecule has 162 valence electrons. The predicted molar refractivity (Wildman–Crippen MR) is 124 cm³/mol. The fraction of sp³-hybridized carbons (Fsp3) is 0.500. The monoisotopic (exact) mass is 475 g/mol. The first kappa shape index (κ1) is 22.5. The zero-order chi connectivity index (χ0) is 21.8. The first-order chi connectivity index (χ1) is 14.4. The lowest BCUT2D eigenvalue weighted by atomic mass is 10.1. The van der Waals surface area contributed by atoms with E-state index in [1.54, 1.807) is 4.57 Å². The maximum absolute atomic E-state index is 12.5. The second-order valence-corrected chi connectivity index (χ2v) is 8.55. The molecule has 0 aliphatic carbocycles. The van der Waals surface area contributed by atoms with Crippen molar-refractivity contribution in [2.45, 2.75) is 59.2 Å². The van der Waals surface area contributed by atoms with E-state index < -0.39 is 5.69 Å². The second kappa shape index (κ2) is 9.75. The van der Waals surface area contributed by atoms with Crippen molar-refractivity contribution < 1.29 is 0 Å². The molecule has 1 unspecified atom stereocenters. The summed E-state index contributed by atoms with van der Waals surface area (Å²) in [7, 11) is 1.85. The van der Waals surface area contributed by atoms with E-state index in [1.165, 1.54) is 5.56 Å². The standard InChI is InChI=1S/C22H30BrN5O2/c1-5-7-13-28-20-19(21(29)25-22(28)30)26(4)18(24-20)14-27(12-6-2)15(3)16-10-8-9-11-17(16)23/h8-11,15H,5-7,12-14H2,1-4H3,(H,25,29,30). The van der Waals surface area contributed by atoms with Gasteiger partial charge in [-0.3, -0.25) is 19.2 Å². The van der Waals surface area contributed by atoms with Crippen molar-refractivity contribution in [3.05, 3.63) is 61.0 Å². The molecule has 0 fully saturated rings. The first-order valence-corrected chi connectivity index (χ1v) is 11.3. The van der Waals surface area contributed by atoms with Crippen molar-refractivity contribution in [3.8, 4) is 0 Å². The minimum Gasteiger partial charge on any atom is -0.324 e. The summed E-state index contributed by atoms with van der Waals surface area (Å²) in [6, 6.07) is 8.40. The molecule has 0 radical (unpaired) electrons. The normalized spacial score (nSPS) is 12.7. The van der Waals surface area contributed by atoms with Crippen LogP contribution in [-0.2, 0) is 20.1 Å². The van der Waals surface area contributed by atoms with Crippen molar-refractivity contribution >= 4 is 27.1 Å². The fourth-order valence-electron chi connectivity index (χ4n) is 3.85. The molecule has 1 N–H and O–H groups in total. The van der Waals surface area contributed by atoms with Crippen molar-refractivity contribution in [1.29, 1.82) is 0 Å². The molecule has 3 rings (SSSR count). The molecule has 0 saturated carbocycles. The van der Waals surface area contributed by atoms with Gasteiger partial charge in [-0.05, 0) is 37.9 Å². The highest BCUT2D eigenvalue weighted by Gasteiger charge is 2.22. The molecule has 0 bridgehead atoms. The number of benzene rings is 1. The Morgan fingerprint density at radius 2 is 1.93 bits per heavy atom. The van der Waals surface area contributed by atoms with Crippen molar-refractivity contribution in [1.82, 2.24) is 24.0 Å². The van der Waals surface area contributed by atoms with Crippen LogP contribution < -0.4 is 11.2 Å². The van der Waals surface area contributed by atoms with Gasteiger partial charge in [-0.15, -0.1) is 0 Å². The molecular formula is C22H30BrN5O2. The Labute approximate surface area is 184 Å². The van der Waals surface area contributed by atoms with Crippen molar-refractivity contribution in [3.63, 3.8) is 0 Å². The largest absolute Gasteiger partial charge is 0.330 e. The van der Waals surface area contributed by atoms with Gasteiger partial charge in [0.2, 0.25) is 0 Å². The zero-order valence-corrected chi connectivity index (χ0v) is 19.7. The third-order valence-electron chi connectivity index (χ3n) is 5.60. The van der Waals surface area contributed by atoms with E-state index in [1.807, 2.05) is 23.7 Å². The van der Waals surface area contributed by atoms with Crippen molar-refractivity contribution in [2.75, 3.05) is 6.54 Å². The Hall–Kier alpha value is -2.19. The van der Waals surface area contributed by atoms with Gasteiger partial charge in [-0.25, -0.2) is 9.78 Å². The molecule has 0 saturated heterocycles. The van der Waals surface area contributed by atoms with Crippen LogP contribution in [0.4, 0.5) is 0 Å². The highest BCUT2D eigenvalue weighted by Crippen LogP contribution is 2.29. The van der Waals surface area contributed by atoms with Crippen LogP contribution in [0.3, 0.4) is 0 Å². The van der Waals surface area contributed by atoms with Crippen LogP contribution in [0.2, 0.25) is 0 Å². The lowest BCUT2D eigenvalue weighted by molar-refractivity contribution is 0.194. The number of halogens is 1. The lowest BCUT2D eigenvalue weighted by Gasteiger charge is -2.29. The van der Waals surface area contributed by atoms with E-state index in [9.17, 15) is 9.59 Å². The molecule has 3 aromatic rings. The summed E-state index contributed by atoms with van der Waals surface area (Å²) >= 11 is 3.66. The molecule has 2 aromatic heterocycles. The summed E-state index contributed by atoms with van der Waals surface area (Å²) in [5.74, 6) is 0.777. The average molecular weight is 476 g/mol. The van der Waals surface area contributed by atoms with Crippen LogP contribution in [0, 0.1) is 0 Å². The highest BCUT2D eigenvalue weighted by atomic mass is 79.9. The minimum atomic E-state index is -0.391. The third kappa shape index (κ3) is 4.44. The summed E-state index contributed by atoms with van der Waals surface area (Å²) in [6.45, 7) is 8.44. The SMILES string of the molecule is CCCCn1c(=O)[nH]c(=O)c2c1nc(CN(CCC)C(C)c1ccccc1Br)n2C. The molecule has 0 aliphatic rings. The Kier molecular flexibility index (Phi) is 7.31. The number of unbranched alkanes of at least 4 members (excludes halogenated alkanes) is 1. The van der Waals surface area contributed by atoms with Gasteiger partial charge in [0.25, 0.3) is 5.56 Å². The first-order valence-electron chi connectivity index (χ1n) is 10.6. The van der Waals surface area contributed by atoms with Gasteiger partial charge in [0.1, 0.15) is 5.82 Å². The van der Waals surface area contributed by atoms with Gasteiger partial charge in [0, 0.05) is 24.1 Å². The van der Waals surface area contributed by atoms with E-state index >= 15 is 0 Å². The number of aromatic amines is 1. The van der Waals surface area contributed by atoms with Crippen LogP contribution in [0.5, 0.6) is 0 Å². The second-order valence-electron chi connectivity index (χ2n) is 7.69. The Balaban J connectivity index is 2.03. The molecule has 1 atom stereocenters. The van der Waals surface area contributed by atoms with Gasteiger partial charge in [-0.1, -0.05) is 54.4 Å². The van der Waals surface area contributed by atoms with Gasteiger partial charge >= 0.3 is 5.69 Å².